The number of ether oxygens (including phenoxy) is 3. The van der Waals surface area contributed by atoms with Crippen LogP contribution in [0.3, 0.4) is 0 Å². The van der Waals surface area contributed by atoms with Crippen LogP contribution in [0.25, 0.3) is 0 Å². The van der Waals surface area contributed by atoms with Crippen molar-refractivity contribution in [2.45, 2.75) is 6.54 Å². The van der Waals surface area contributed by atoms with Gasteiger partial charge in [-0.3, -0.25) is 4.90 Å². The summed E-state index contributed by atoms with van der Waals surface area (Å²) in [4.78, 5) is 2.41. The average Bonchev–Trinajstić information content (AvgIpc) is 2.58. The monoisotopic (exact) mass is 380 g/mol. The predicted molar refractivity (Wildman–Crippen MR) is 84.5 cm³/mol. The quantitative estimate of drug-likeness (QED) is 0.417. The van der Waals surface area contributed by atoms with Crippen LogP contribution < -0.4 is 39.6 Å². The van der Waals surface area contributed by atoms with Crippen LogP contribution in [0.5, 0.6) is 11.5 Å². The molecule has 1 heterocycles. The number of morpholine rings is 1. The van der Waals surface area contributed by atoms with Crippen molar-refractivity contribution in [1.82, 2.24) is 10.2 Å². The van der Waals surface area contributed by atoms with Crippen LogP contribution in [0.1, 0.15) is 5.56 Å². The van der Waals surface area contributed by atoms with E-state index in [9.17, 15) is 0 Å². The second kappa shape index (κ2) is 13.5. The third-order valence-electron chi connectivity index (χ3n) is 3.61. The lowest BCUT2D eigenvalue weighted by atomic mass is 10.2. The summed E-state index contributed by atoms with van der Waals surface area (Å²) < 4.78 is 16.1. The smallest absolute Gasteiger partial charge is 0.161 e. The molecule has 24 heavy (non-hydrogen) atoms. The molecule has 0 radical (unpaired) electrons. The van der Waals surface area contributed by atoms with Crippen molar-refractivity contribution in [1.29, 1.82) is 0 Å². The number of aliphatic hydroxyl groups excluding tert-OH is 1. The Morgan fingerprint density at radius 2 is 1.96 bits per heavy atom. The molecule has 0 atom stereocenters. The average molecular weight is 381 g/mol. The van der Waals surface area contributed by atoms with Gasteiger partial charge in [0, 0.05) is 32.7 Å². The maximum atomic E-state index is 8.81. The summed E-state index contributed by atoms with van der Waals surface area (Å²) in [5, 5.41) is 12.3. The molecule has 0 bridgehead atoms. The molecule has 0 saturated carbocycles. The first-order valence-electron chi connectivity index (χ1n) is 7.75. The first-order valence-corrected chi connectivity index (χ1v) is 7.75. The van der Waals surface area contributed by atoms with E-state index in [1.54, 1.807) is 7.11 Å². The Morgan fingerprint density at radius 1 is 1.21 bits per heavy atom. The number of nitrogens with one attached hydrogen (secondary N) is 1. The molecular formula is C16H26Cl2N2O4-2. The Bertz CT molecular complexity index is 446. The van der Waals surface area contributed by atoms with Gasteiger partial charge in [0.05, 0.1) is 26.9 Å². The van der Waals surface area contributed by atoms with Crippen LogP contribution >= 0.6 is 0 Å². The molecule has 1 aromatic rings. The van der Waals surface area contributed by atoms with Crippen molar-refractivity contribution in [3.63, 3.8) is 0 Å². The summed E-state index contributed by atoms with van der Waals surface area (Å²) >= 11 is 0. The molecule has 1 saturated heterocycles. The first kappa shape index (κ1) is 23.2. The van der Waals surface area contributed by atoms with Gasteiger partial charge in [0.2, 0.25) is 0 Å². The number of methoxy groups -OCH3 is 1. The van der Waals surface area contributed by atoms with E-state index in [1.165, 1.54) is 0 Å². The highest BCUT2D eigenvalue weighted by atomic mass is 35.5. The minimum atomic E-state index is -0.00595. The highest BCUT2D eigenvalue weighted by Crippen LogP contribution is 2.27. The topological polar surface area (TPSA) is 63.2 Å². The maximum Gasteiger partial charge on any atom is 0.161 e. The summed E-state index contributed by atoms with van der Waals surface area (Å²) in [7, 11) is 1.62. The predicted octanol–water partition coefficient (Wildman–Crippen LogP) is -5.50. The van der Waals surface area contributed by atoms with Gasteiger partial charge in [0.15, 0.2) is 11.5 Å². The van der Waals surface area contributed by atoms with Crippen LogP contribution in [0.2, 0.25) is 0 Å². The van der Waals surface area contributed by atoms with Gasteiger partial charge in [0.1, 0.15) is 6.61 Å². The van der Waals surface area contributed by atoms with Gasteiger partial charge in [-0.1, -0.05) is 6.07 Å². The number of hydrogen-bond acceptors (Lipinski definition) is 6. The van der Waals surface area contributed by atoms with E-state index >= 15 is 0 Å². The lowest BCUT2D eigenvalue weighted by molar-refractivity contribution is -0.00100. The standard InChI is InChI=1S/C16H26N2O4.2ClH/c1-20-16-12-14(2-3-15(16)22-11-8-19)13-17-4-5-18-6-9-21-10-7-18;;/h2-3,12,17,19H,4-11,13H2,1H3;2*1H/p-2. The largest absolute Gasteiger partial charge is 1.00 e. The fourth-order valence-corrected chi connectivity index (χ4v) is 2.39. The third kappa shape index (κ3) is 7.88. The zero-order valence-corrected chi connectivity index (χ0v) is 15.5. The summed E-state index contributed by atoms with van der Waals surface area (Å²) in [6, 6.07) is 5.86. The number of rotatable bonds is 9. The van der Waals surface area contributed by atoms with E-state index in [1.807, 2.05) is 18.2 Å². The number of benzene rings is 1. The zero-order chi connectivity index (χ0) is 15.6. The van der Waals surface area contributed by atoms with Crippen molar-refractivity contribution < 1.29 is 44.1 Å². The van der Waals surface area contributed by atoms with Crippen LogP contribution in [0.15, 0.2) is 18.2 Å². The normalized spacial score (nSPS) is 14.4. The molecule has 1 aliphatic rings. The first-order chi connectivity index (χ1) is 10.8. The number of halogens is 2. The molecule has 2 rings (SSSR count). The number of nitrogens with zero attached hydrogens (tertiary/aromatic N) is 1. The minimum Gasteiger partial charge on any atom is -1.00 e. The van der Waals surface area contributed by atoms with Crippen LogP contribution in [-0.2, 0) is 11.3 Å². The molecule has 6 nitrogen and oxygen atoms in total. The van der Waals surface area contributed by atoms with Gasteiger partial charge >= 0.3 is 0 Å². The van der Waals surface area contributed by atoms with Crippen molar-refractivity contribution in [3.8, 4) is 11.5 Å². The third-order valence-corrected chi connectivity index (χ3v) is 3.61. The SMILES string of the molecule is COc1cc(CNCCN2CCOCC2)ccc1OCCO.[Cl-].[Cl-]. The van der Waals surface area contributed by atoms with E-state index in [4.69, 9.17) is 19.3 Å². The second-order valence-electron chi connectivity index (χ2n) is 5.19. The van der Waals surface area contributed by atoms with Crippen molar-refractivity contribution in [3.05, 3.63) is 23.8 Å². The maximum absolute atomic E-state index is 8.81. The van der Waals surface area contributed by atoms with Gasteiger partial charge in [-0.2, -0.15) is 0 Å². The molecule has 1 aromatic carbocycles. The summed E-state index contributed by atoms with van der Waals surface area (Å²) in [6.07, 6.45) is 0. The van der Waals surface area contributed by atoms with E-state index in [-0.39, 0.29) is 38.0 Å². The van der Waals surface area contributed by atoms with Crippen molar-refractivity contribution in [2.24, 2.45) is 0 Å². The van der Waals surface area contributed by atoms with Gasteiger partial charge in [-0.05, 0) is 17.7 Å². The summed E-state index contributed by atoms with van der Waals surface area (Å²) in [5.74, 6) is 1.36. The number of hydrogen-bond donors (Lipinski definition) is 2. The Hall–Kier alpha value is -0.760. The van der Waals surface area contributed by atoms with Crippen LogP contribution in [-0.4, -0.2) is 69.7 Å². The van der Waals surface area contributed by atoms with E-state index in [0.717, 1.165) is 51.5 Å². The molecule has 1 aliphatic heterocycles. The minimum absolute atomic E-state index is 0. The molecule has 140 valence electrons. The van der Waals surface area contributed by atoms with Crippen molar-refractivity contribution >= 4 is 0 Å². The molecular weight excluding hydrogens is 355 g/mol. The molecule has 0 aliphatic carbocycles. The number of aliphatic hydroxyl groups is 1. The van der Waals surface area contributed by atoms with E-state index in [0.29, 0.717) is 11.5 Å². The van der Waals surface area contributed by atoms with E-state index in [2.05, 4.69) is 10.2 Å². The van der Waals surface area contributed by atoms with E-state index < -0.39 is 0 Å². The van der Waals surface area contributed by atoms with Gasteiger partial charge in [-0.15, -0.1) is 0 Å². The Labute approximate surface area is 156 Å². The van der Waals surface area contributed by atoms with Crippen LogP contribution in [0, 0.1) is 0 Å². The Balaban J connectivity index is 0.00000264. The Kier molecular flexibility index (Phi) is 13.1. The lowest BCUT2D eigenvalue weighted by Crippen LogP contribution is -3.00. The van der Waals surface area contributed by atoms with Crippen molar-refractivity contribution in [2.75, 3.05) is 59.7 Å². The summed E-state index contributed by atoms with van der Waals surface area (Å²) in [6.45, 7) is 6.77. The highest BCUT2D eigenvalue weighted by molar-refractivity contribution is 5.42. The van der Waals surface area contributed by atoms with Gasteiger partial charge in [-0.25, -0.2) is 0 Å². The van der Waals surface area contributed by atoms with Gasteiger partial charge in [0.25, 0.3) is 0 Å². The molecule has 0 amide bonds. The molecule has 2 N–H and O–H groups in total. The molecule has 0 spiro atoms. The molecule has 0 aromatic heterocycles. The Morgan fingerprint density at radius 3 is 2.62 bits per heavy atom. The fourth-order valence-electron chi connectivity index (χ4n) is 2.39. The molecule has 1 fully saturated rings. The molecule has 0 unspecified atom stereocenters. The summed E-state index contributed by atoms with van der Waals surface area (Å²) in [5.41, 5.74) is 1.15. The van der Waals surface area contributed by atoms with Gasteiger partial charge < -0.3 is 49.4 Å². The zero-order valence-electron chi connectivity index (χ0n) is 14.0. The second-order valence-corrected chi connectivity index (χ2v) is 5.19. The lowest BCUT2D eigenvalue weighted by Gasteiger charge is -2.26. The fraction of sp³-hybridized carbons (Fsp3) is 0.625. The highest BCUT2D eigenvalue weighted by Gasteiger charge is 2.09. The molecule has 8 heteroatoms. The van der Waals surface area contributed by atoms with Crippen LogP contribution in [0.4, 0.5) is 0 Å².